The molecule has 2 N–H and O–H groups in total. The molecular weight excluding hydrogens is 198 g/mol. The van der Waals surface area contributed by atoms with Crippen molar-refractivity contribution in [2.75, 3.05) is 38.9 Å². The highest BCUT2D eigenvalue weighted by atomic mass is 32.2. The standard InChI is InChI=1S/C10H23NO2S/c1-13-9-10(5-7-12)11-6-3-4-8-14-2/h10-12H,3-9H2,1-2H3. The Labute approximate surface area is 91.6 Å². The first-order valence-electron chi connectivity index (χ1n) is 5.17. The van der Waals surface area contributed by atoms with Crippen LogP contribution in [0.2, 0.25) is 0 Å². The Kier molecular flexibility index (Phi) is 11.5. The van der Waals surface area contributed by atoms with Crippen molar-refractivity contribution in [1.82, 2.24) is 5.32 Å². The van der Waals surface area contributed by atoms with Gasteiger partial charge in [0.2, 0.25) is 0 Å². The van der Waals surface area contributed by atoms with Gasteiger partial charge in [0.1, 0.15) is 0 Å². The van der Waals surface area contributed by atoms with Crippen LogP contribution < -0.4 is 5.32 Å². The fraction of sp³-hybridized carbons (Fsp3) is 1.00. The number of methoxy groups -OCH3 is 1. The minimum atomic E-state index is 0.228. The van der Waals surface area contributed by atoms with Crippen molar-refractivity contribution in [3.63, 3.8) is 0 Å². The topological polar surface area (TPSA) is 41.5 Å². The minimum Gasteiger partial charge on any atom is -0.396 e. The highest BCUT2D eigenvalue weighted by molar-refractivity contribution is 7.98. The molecule has 0 saturated heterocycles. The highest BCUT2D eigenvalue weighted by Gasteiger charge is 2.05. The van der Waals surface area contributed by atoms with Gasteiger partial charge < -0.3 is 15.2 Å². The molecule has 0 rings (SSSR count). The van der Waals surface area contributed by atoms with Gasteiger partial charge in [0.15, 0.2) is 0 Å². The van der Waals surface area contributed by atoms with Crippen molar-refractivity contribution in [3.8, 4) is 0 Å². The average molecular weight is 221 g/mol. The molecule has 0 amide bonds. The summed E-state index contributed by atoms with van der Waals surface area (Å²) in [5, 5.41) is 12.2. The van der Waals surface area contributed by atoms with E-state index < -0.39 is 0 Å². The van der Waals surface area contributed by atoms with E-state index in [1.165, 1.54) is 18.6 Å². The molecule has 0 aromatic heterocycles. The molecule has 4 heteroatoms. The van der Waals surface area contributed by atoms with Crippen LogP contribution in [0.15, 0.2) is 0 Å². The zero-order valence-electron chi connectivity index (χ0n) is 9.29. The fourth-order valence-corrected chi connectivity index (χ4v) is 1.77. The zero-order valence-corrected chi connectivity index (χ0v) is 10.1. The predicted octanol–water partition coefficient (Wildman–Crippen LogP) is 1.12. The summed E-state index contributed by atoms with van der Waals surface area (Å²) in [6.45, 7) is 1.93. The molecule has 0 aliphatic carbocycles. The summed E-state index contributed by atoms with van der Waals surface area (Å²) in [6.07, 6.45) is 5.36. The lowest BCUT2D eigenvalue weighted by atomic mass is 10.2. The molecule has 0 saturated carbocycles. The minimum absolute atomic E-state index is 0.228. The van der Waals surface area contributed by atoms with E-state index in [0.29, 0.717) is 12.6 Å². The Morgan fingerprint density at radius 1 is 1.43 bits per heavy atom. The van der Waals surface area contributed by atoms with Crippen LogP contribution in [-0.2, 0) is 4.74 Å². The zero-order chi connectivity index (χ0) is 10.6. The monoisotopic (exact) mass is 221 g/mol. The maximum absolute atomic E-state index is 8.81. The van der Waals surface area contributed by atoms with Gasteiger partial charge in [-0.25, -0.2) is 0 Å². The second-order valence-electron chi connectivity index (χ2n) is 3.32. The Morgan fingerprint density at radius 2 is 2.21 bits per heavy atom. The molecule has 1 unspecified atom stereocenters. The Morgan fingerprint density at radius 3 is 2.79 bits per heavy atom. The average Bonchev–Trinajstić information content (AvgIpc) is 2.18. The number of hydrogen-bond acceptors (Lipinski definition) is 4. The molecule has 0 aromatic carbocycles. The molecule has 0 aromatic rings. The van der Waals surface area contributed by atoms with Crippen LogP contribution in [0.25, 0.3) is 0 Å². The molecule has 0 heterocycles. The Balaban J connectivity index is 3.30. The quantitative estimate of drug-likeness (QED) is 0.542. The molecular formula is C10H23NO2S. The molecule has 0 aliphatic heterocycles. The van der Waals surface area contributed by atoms with E-state index in [0.717, 1.165) is 13.0 Å². The smallest absolute Gasteiger partial charge is 0.0616 e. The first-order chi connectivity index (χ1) is 6.85. The normalized spacial score (nSPS) is 13.1. The number of hydrogen-bond donors (Lipinski definition) is 2. The third kappa shape index (κ3) is 8.81. The van der Waals surface area contributed by atoms with Gasteiger partial charge in [-0.15, -0.1) is 0 Å². The van der Waals surface area contributed by atoms with E-state index >= 15 is 0 Å². The Bertz CT molecular complexity index is 108. The van der Waals surface area contributed by atoms with Gasteiger partial charge in [0.05, 0.1) is 6.61 Å². The number of thioether (sulfide) groups is 1. The first-order valence-corrected chi connectivity index (χ1v) is 6.56. The van der Waals surface area contributed by atoms with E-state index in [9.17, 15) is 0 Å². The van der Waals surface area contributed by atoms with E-state index in [-0.39, 0.29) is 6.61 Å². The van der Waals surface area contributed by atoms with Crippen molar-refractivity contribution in [1.29, 1.82) is 0 Å². The first kappa shape index (κ1) is 14.2. The van der Waals surface area contributed by atoms with Crippen molar-refractivity contribution < 1.29 is 9.84 Å². The molecule has 0 aliphatic rings. The van der Waals surface area contributed by atoms with Gasteiger partial charge >= 0.3 is 0 Å². The van der Waals surface area contributed by atoms with Crippen LogP contribution in [0.1, 0.15) is 19.3 Å². The molecule has 0 radical (unpaired) electrons. The summed E-state index contributed by atoms with van der Waals surface area (Å²) in [6, 6.07) is 0.305. The van der Waals surface area contributed by atoms with Crippen LogP contribution in [0.3, 0.4) is 0 Å². The van der Waals surface area contributed by atoms with Crippen molar-refractivity contribution in [2.45, 2.75) is 25.3 Å². The van der Waals surface area contributed by atoms with Crippen LogP contribution in [0.4, 0.5) is 0 Å². The second-order valence-corrected chi connectivity index (χ2v) is 4.30. The highest BCUT2D eigenvalue weighted by Crippen LogP contribution is 1.99. The van der Waals surface area contributed by atoms with Crippen molar-refractivity contribution >= 4 is 11.8 Å². The maximum Gasteiger partial charge on any atom is 0.0616 e. The van der Waals surface area contributed by atoms with E-state index in [1.54, 1.807) is 7.11 Å². The maximum atomic E-state index is 8.81. The third-order valence-corrected chi connectivity index (χ3v) is 2.75. The molecule has 3 nitrogen and oxygen atoms in total. The summed E-state index contributed by atoms with van der Waals surface area (Å²) >= 11 is 1.89. The molecule has 0 spiro atoms. The molecule has 14 heavy (non-hydrogen) atoms. The van der Waals surface area contributed by atoms with Crippen LogP contribution in [0, 0.1) is 0 Å². The van der Waals surface area contributed by atoms with Gasteiger partial charge in [0, 0.05) is 19.8 Å². The number of aliphatic hydroxyl groups is 1. The molecule has 0 bridgehead atoms. The van der Waals surface area contributed by atoms with Gasteiger partial charge in [-0.3, -0.25) is 0 Å². The fourth-order valence-electron chi connectivity index (χ4n) is 1.28. The SMILES string of the molecule is COCC(CCO)NCCCCSC. The summed E-state index contributed by atoms with van der Waals surface area (Å²) in [7, 11) is 1.69. The van der Waals surface area contributed by atoms with E-state index in [2.05, 4.69) is 11.6 Å². The lowest BCUT2D eigenvalue weighted by Gasteiger charge is -2.16. The Hall–Kier alpha value is 0.230. The van der Waals surface area contributed by atoms with Gasteiger partial charge in [-0.2, -0.15) is 11.8 Å². The number of aliphatic hydroxyl groups excluding tert-OH is 1. The number of unbranched alkanes of at least 4 members (excludes halogenated alkanes) is 1. The second kappa shape index (κ2) is 11.3. The van der Waals surface area contributed by atoms with E-state index in [4.69, 9.17) is 9.84 Å². The van der Waals surface area contributed by atoms with Crippen molar-refractivity contribution in [2.24, 2.45) is 0 Å². The lowest BCUT2D eigenvalue weighted by molar-refractivity contribution is 0.148. The summed E-state index contributed by atoms with van der Waals surface area (Å²) in [4.78, 5) is 0. The third-order valence-electron chi connectivity index (χ3n) is 2.05. The number of rotatable bonds is 10. The predicted molar refractivity (Wildman–Crippen MR) is 63.0 cm³/mol. The summed E-state index contributed by atoms with van der Waals surface area (Å²) < 4.78 is 5.06. The summed E-state index contributed by atoms with van der Waals surface area (Å²) in [5.74, 6) is 1.23. The molecule has 0 fully saturated rings. The number of ether oxygens (including phenoxy) is 1. The van der Waals surface area contributed by atoms with Crippen LogP contribution >= 0.6 is 11.8 Å². The largest absolute Gasteiger partial charge is 0.396 e. The lowest BCUT2D eigenvalue weighted by Crippen LogP contribution is -2.34. The van der Waals surface area contributed by atoms with Gasteiger partial charge in [-0.05, 0) is 37.8 Å². The van der Waals surface area contributed by atoms with Gasteiger partial charge in [0.25, 0.3) is 0 Å². The number of nitrogens with one attached hydrogen (secondary N) is 1. The van der Waals surface area contributed by atoms with Crippen LogP contribution in [-0.4, -0.2) is 50.0 Å². The van der Waals surface area contributed by atoms with Gasteiger partial charge in [-0.1, -0.05) is 0 Å². The molecule has 86 valence electrons. The van der Waals surface area contributed by atoms with Crippen molar-refractivity contribution in [3.05, 3.63) is 0 Å². The summed E-state index contributed by atoms with van der Waals surface area (Å²) in [5.41, 5.74) is 0. The molecule has 1 atom stereocenters. The van der Waals surface area contributed by atoms with E-state index in [1.807, 2.05) is 11.8 Å². The van der Waals surface area contributed by atoms with Crippen LogP contribution in [0.5, 0.6) is 0 Å².